The van der Waals surface area contributed by atoms with E-state index in [1.54, 1.807) is 6.92 Å². The Morgan fingerprint density at radius 1 is 1.24 bits per heavy atom. The first-order chi connectivity index (χ1) is 9.68. The maximum atomic E-state index is 12.9. The Morgan fingerprint density at radius 2 is 1.81 bits per heavy atom. The van der Waals surface area contributed by atoms with Crippen LogP contribution in [0.15, 0.2) is 24.3 Å². The molecule has 0 unspecified atom stereocenters. The summed E-state index contributed by atoms with van der Waals surface area (Å²) in [5.74, 6) is -1.84. The van der Waals surface area contributed by atoms with Gasteiger partial charge in [-0.25, -0.2) is 4.39 Å². The minimum absolute atomic E-state index is 0.211. The molecule has 2 rings (SSSR count). The van der Waals surface area contributed by atoms with Crippen molar-refractivity contribution in [1.29, 1.82) is 0 Å². The van der Waals surface area contributed by atoms with Crippen LogP contribution in [0.5, 0.6) is 0 Å². The van der Waals surface area contributed by atoms with Gasteiger partial charge in [0.2, 0.25) is 5.91 Å². The lowest BCUT2D eigenvalue weighted by Crippen LogP contribution is -2.43. The molecule has 0 heterocycles. The molecule has 0 saturated heterocycles. The van der Waals surface area contributed by atoms with Crippen molar-refractivity contribution in [3.8, 4) is 0 Å². The van der Waals surface area contributed by atoms with Crippen LogP contribution in [0, 0.1) is 22.6 Å². The number of carbonyl (C=O) groups excluding carboxylic acids is 1. The quantitative estimate of drug-likeness (QED) is 0.898. The molecule has 1 aromatic carbocycles. The summed E-state index contributed by atoms with van der Waals surface area (Å²) in [5.41, 5.74) is -1.05. The minimum atomic E-state index is -0.919. The molecule has 1 aliphatic rings. The van der Waals surface area contributed by atoms with Crippen molar-refractivity contribution in [2.24, 2.45) is 16.7 Å². The van der Waals surface area contributed by atoms with Crippen molar-refractivity contribution >= 4 is 17.6 Å². The molecular weight excluding hydrogens is 273 g/mol. The fraction of sp³-hybridized carbons (Fsp3) is 0.500. The van der Waals surface area contributed by atoms with Crippen LogP contribution in [0.2, 0.25) is 0 Å². The van der Waals surface area contributed by atoms with Crippen LogP contribution in [0.4, 0.5) is 10.1 Å². The highest BCUT2D eigenvalue weighted by atomic mass is 19.1. The van der Waals surface area contributed by atoms with E-state index in [2.05, 4.69) is 5.32 Å². The van der Waals surface area contributed by atoms with Crippen LogP contribution in [0.1, 0.15) is 33.6 Å². The third-order valence-electron chi connectivity index (χ3n) is 5.13. The Balaban J connectivity index is 2.17. The highest BCUT2D eigenvalue weighted by Gasteiger charge is 2.58. The van der Waals surface area contributed by atoms with E-state index in [1.807, 2.05) is 13.8 Å². The fourth-order valence-electron chi connectivity index (χ4n) is 3.10. The van der Waals surface area contributed by atoms with Gasteiger partial charge in [-0.1, -0.05) is 13.8 Å². The van der Waals surface area contributed by atoms with E-state index < -0.39 is 16.8 Å². The molecular formula is C16H20FNO3. The van der Waals surface area contributed by atoms with E-state index in [-0.39, 0.29) is 17.6 Å². The summed E-state index contributed by atoms with van der Waals surface area (Å²) in [7, 11) is 0. The average molecular weight is 293 g/mol. The van der Waals surface area contributed by atoms with Gasteiger partial charge in [0.25, 0.3) is 0 Å². The number of halogens is 1. The second-order valence-electron chi connectivity index (χ2n) is 6.45. The first-order valence-electron chi connectivity index (χ1n) is 6.98. The van der Waals surface area contributed by atoms with Gasteiger partial charge in [-0.05, 0) is 49.4 Å². The van der Waals surface area contributed by atoms with Crippen molar-refractivity contribution in [1.82, 2.24) is 0 Å². The normalized spacial score (nSPS) is 27.3. The number of hydrogen-bond donors (Lipinski definition) is 2. The van der Waals surface area contributed by atoms with Crippen molar-refractivity contribution in [2.75, 3.05) is 5.32 Å². The smallest absolute Gasteiger partial charge is 0.309 e. The molecule has 114 valence electrons. The second-order valence-corrected chi connectivity index (χ2v) is 6.45. The largest absolute Gasteiger partial charge is 0.481 e. The SMILES string of the molecule is CC1(C)[C@@H](C(=O)Nc2ccc(F)cc2)CC[C@]1(C)C(=O)O. The van der Waals surface area contributed by atoms with Crippen LogP contribution in [-0.4, -0.2) is 17.0 Å². The van der Waals surface area contributed by atoms with Crippen molar-refractivity contribution < 1.29 is 19.1 Å². The van der Waals surface area contributed by atoms with Gasteiger partial charge >= 0.3 is 5.97 Å². The van der Waals surface area contributed by atoms with Gasteiger partial charge in [-0.3, -0.25) is 9.59 Å². The number of rotatable bonds is 3. The summed E-state index contributed by atoms with van der Waals surface area (Å²) in [6.45, 7) is 5.34. The van der Waals surface area contributed by atoms with E-state index in [4.69, 9.17) is 0 Å². The zero-order valence-electron chi connectivity index (χ0n) is 12.4. The van der Waals surface area contributed by atoms with E-state index in [1.165, 1.54) is 24.3 Å². The number of nitrogens with one attached hydrogen (secondary N) is 1. The molecule has 4 nitrogen and oxygen atoms in total. The zero-order chi connectivity index (χ0) is 15.8. The molecule has 0 aliphatic heterocycles. The summed E-state index contributed by atoms with van der Waals surface area (Å²) in [5, 5.41) is 12.2. The topological polar surface area (TPSA) is 66.4 Å². The number of carboxylic acid groups (broad SMARTS) is 1. The highest BCUT2D eigenvalue weighted by Crippen LogP contribution is 2.56. The number of benzene rings is 1. The molecule has 0 radical (unpaired) electrons. The molecule has 1 aliphatic carbocycles. The summed E-state index contributed by atoms with van der Waals surface area (Å²) in [6.07, 6.45) is 1.000. The predicted molar refractivity (Wildman–Crippen MR) is 77.3 cm³/mol. The Hall–Kier alpha value is -1.91. The van der Waals surface area contributed by atoms with Crippen molar-refractivity contribution in [2.45, 2.75) is 33.6 Å². The van der Waals surface area contributed by atoms with Gasteiger partial charge in [0.15, 0.2) is 0 Å². The Labute approximate surface area is 123 Å². The van der Waals surface area contributed by atoms with Gasteiger partial charge in [-0.2, -0.15) is 0 Å². The number of aliphatic carboxylic acids is 1. The second kappa shape index (κ2) is 5.13. The molecule has 0 spiro atoms. The molecule has 1 aromatic rings. The first kappa shape index (κ1) is 15.5. The molecule has 2 N–H and O–H groups in total. The third kappa shape index (κ3) is 2.52. The number of anilines is 1. The van der Waals surface area contributed by atoms with Gasteiger partial charge in [-0.15, -0.1) is 0 Å². The number of carboxylic acids is 1. The number of carbonyl (C=O) groups is 2. The van der Waals surface area contributed by atoms with E-state index >= 15 is 0 Å². The average Bonchev–Trinajstić information content (AvgIpc) is 2.64. The summed E-state index contributed by atoms with van der Waals surface area (Å²) in [6, 6.07) is 5.53. The maximum absolute atomic E-state index is 12.9. The van der Waals surface area contributed by atoms with Gasteiger partial charge in [0.1, 0.15) is 5.82 Å². The van der Waals surface area contributed by atoms with Gasteiger partial charge in [0, 0.05) is 11.6 Å². The van der Waals surface area contributed by atoms with Crippen LogP contribution in [0.25, 0.3) is 0 Å². The Bertz CT molecular complexity index is 567. The standard InChI is InChI=1S/C16H20FNO3/c1-15(2)12(8-9-16(15,3)14(20)21)13(19)18-11-6-4-10(17)5-7-11/h4-7,12H,8-9H2,1-3H3,(H,18,19)(H,20,21)/t12-,16-/m1/s1. The summed E-state index contributed by atoms with van der Waals surface area (Å²) in [4.78, 5) is 24.0. The Kier molecular flexibility index (Phi) is 3.78. The molecule has 5 heteroatoms. The van der Waals surface area contributed by atoms with Crippen LogP contribution in [0.3, 0.4) is 0 Å². The van der Waals surface area contributed by atoms with Crippen LogP contribution < -0.4 is 5.32 Å². The predicted octanol–water partition coefficient (Wildman–Crippen LogP) is 3.29. The maximum Gasteiger partial charge on any atom is 0.309 e. The summed E-state index contributed by atoms with van der Waals surface area (Å²) >= 11 is 0. The highest BCUT2D eigenvalue weighted by molar-refractivity contribution is 5.94. The molecule has 0 bridgehead atoms. The zero-order valence-corrected chi connectivity index (χ0v) is 12.4. The lowest BCUT2D eigenvalue weighted by atomic mass is 9.65. The van der Waals surface area contributed by atoms with Crippen LogP contribution >= 0.6 is 0 Å². The lowest BCUT2D eigenvalue weighted by Gasteiger charge is -2.37. The minimum Gasteiger partial charge on any atom is -0.481 e. The molecule has 1 saturated carbocycles. The van der Waals surface area contributed by atoms with Crippen molar-refractivity contribution in [3.05, 3.63) is 30.1 Å². The number of hydrogen-bond acceptors (Lipinski definition) is 2. The van der Waals surface area contributed by atoms with E-state index in [0.717, 1.165) is 0 Å². The fourth-order valence-corrected chi connectivity index (χ4v) is 3.10. The van der Waals surface area contributed by atoms with Crippen molar-refractivity contribution in [3.63, 3.8) is 0 Å². The molecule has 1 amide bonds. The Morgan fingerprint density at radius 3 is 2.29 bits per heavy atom. The lowest BCUT2D eigenvalue weighted by molar-refractivity contribution is -0.154. The molecule has 0 aromatic heterocycles. The van der Waals surface area contributed by atoms with E-state index in [9.17, 15) is 19.1 Å². The first-order valence-corrected chi connectivity index (χ1v) is 6.98. The van der Waals surface area contributed by atoms with Gasteiger partial charge < -0.3 is 10.4 Å². The monoisotopic (exact) mass is 293 g/mol. The number of amides is 1. The molecule has 21 heavy (non-hydrogen) atoms. The summed E-state index contributed by atoms with van der Waals surface area (Å²) < 4.78 is 12.9. The van der Waals surface area contributed by atoms with E-state index in [0.29, 0.717) is 18.5 Å². The third-order valence-corrected chi connectivity index (χ3v) is 5.13. The molecule has 1 fully saturated rings. The van der Waals surface area contributed by atoms with Crippen LogP contribution in [-0.2, 0) is 9.59 Å². The molecule has 2 atom stereocenters. The van der Waals surface area contributed by atoms with Gasteiger partial charge in [0.05, 0.1) is 5.41 Å².